The first-order valence-corrected chi connectivity index (χ1v) is 5.69. The van der Waals surface area contributed by atoms with Gasteiger partial charge in [-0.1, -0.05) is 35.9 Å². The van der Waals surface area contributed by atoms with E-state index < -0.39 is 0 Å². The van der Waals surface area contributed by atoms with Gasteiger partial charge in [-0.2, -0.15) is 0 Å². The molecular weight excluding hydrogens is 275 g/mol. The topological polar surface area (TPSA) is 13.1 Å². The third-order valence-electron chi connectivity index (χ3n) is 2.44. The highest BCUT2D eigenvalue weighted by atomic mass is 79.9. The van der Waals surface area contributed by atoms with E-state index in [4.69, 9.17) is 16.0 Å². The minimum Gasteiger partial charge on any atom is -0.448 e. The third-order valence-corrected chi connectivity index (χ3v) is 3.20. The molecule has 0 atom stereocenters. The van der Waals surface area contributed by atoms with Crippen molar-refractivity contribution in [1.82, 2.24) is 0 Å². The second kappa shape index (κ2) is 3.26. The quantitative estimate of drug-likeness (QED) is 0.565. The van der Waals surface area contributed by atoms with Crippen LogP contribution in [0.2, 0.25) is 5.02 Å². The fraction of sp³-hybridized carbons (Fsp3) is 0. The van der Waals surface area contributed by atoms with Crippen LogP contribution in [0.1, 0.15) is 0 Å². The van der Waals surface area contributed by atoms with Crippen LogP contribution in [0.4, 0.5) is 0 Å². The summed E-state index contributed by atoms with van der Waals surface area (Å²) in [6.45, 7) is 0. The normalized spacial score (nSPS) is 11.3. The van der Waals surface area contributed by atoms with Crippen LogP contribution in [0.15, 0.2) is 45.5 Å². The summed E-state index contributed by atoms with van der Waals surface area (Å²) in [5, 5.41) is 3.84. The SMILES string of the molecule is Clc1c2ccccc2cc2cc(Br)oc12. The van der Waals surface area contributed by atoms with Gasteiger partial charge in [-0.25, -0.2) is 0 Å². The van der Waals surface area contributed by atoms with Crippen molar-refractivity contribution >= 4 is 49.3 Å². The molecule has 2 aromatic carbocycles. The summed E-state index contributed by atoms with van der Waals surface area (Å²) in [7, 11) is 0. The molecule has 0 saturated heterocycles. The lowest BCUT2D eigenvalue weighted by Gasteiger charge is -2.00. The third kappa shape index (κ3) is 1.36. The van der Waals surface area contributed by atoms with Crippen LogP contribution < -0.4 is 0 Å². The smallest absolute Gasteiger partial charge is 0.170 e. The van der Waals surface area contributed by atoms with Crippen molar-refractivity contribution in [2.45, 2.75) is 0 Å². The van der Waals surface area contributed by atoms with Crippen LogP contribution in [0, 0.1) is 0 Å². The number of benzene rings is 2. The van der Waals surface area contributed by atoms with Crippen LogP contribution in [-0.2, 0) is 0 Å². The van der Waals surface area contributed by atoms with Crippen molar-refractivity contribution in [3.05, 3.63) is 46.1 Å². The van der Waals surface area contributed by atoms with Gasteiger partial charge < -0.3 is 4.42 Å². The lowest BCUT2D eigenvalue weighted by Crippen LogP contribution is -1.74. The zero-order chi connectivity index (χ0) is 10.4. The molecule has 0 amide bonds. The van der Waals surface area contributed by atoms with E-state index in [1.807, 2.05) is 30.3 Å². The number of hydrogen-bond donors (Lipinski definition) is 0. The molecule has 3 heteroatoms. The Balaban J connectivity index is 2.58. The highest BCUT2D eigenvalue weighted by Gasteiger charge is 2.09. The zero-order valence-electron chi connectivity index (χ0n) is 7.63. The van der Waals surface area contributed by atoms with Gasteiger partial charge >= 0.3 is 0 Å². The zero-order valence-corrected chi connectivity index (χ0v) is 9.97. The van der Waals surface area contributed by atoms with Gasteiger partial charge in [-0.05, 0) is 33.4 Å². The Morgan fingerprint density at radius 1 is 1.07 bits per heavy atom. The number of furan rings is 1. The molecule has 1 aromatic heterocycles. The lowest BCUT2D eigenvalue weighted by atomic mass is 10.1. The lowest BCUT2D eigenvalue weighted by molar-refractivity contribution is 0.588. The maximum Gasteiger partial charge on any atom is 0.170 e. The monoisotopic (exact) mass is 280 g/mol. The fourth-order valence-electron chi connectivity index (χ4n) is 1.77. The van der Waals surface area contributed by atoms with E-state index in [1.165, 1.54) is 0 Å². The number of fused-ring (bicyclic) bond motifs is 2. The van der Waals surface area contributed by atoms with E-state index in [1.54, 1.807) is 0 Å². The molecule has 0 aliphatic rings. The van der Waals surface area contributed by atoms with Crippen molar-refractivity contribution in [1.29, 1.82) is 0 Å². The molecule has 3 rings (SSSR count). The van der Waals surface area contributed by atoms with Gasteiger partial charge in [0.15, 0.2) is 10.3 Å². The number of rotatable bonds is 0. The summed E-state index contributed by atoms with van der Waals surface area (Å²) in [4.78, 5) is 0. The minimum atomic E-state index is 0.675. The molecule has 1 nitrogen and oxygen atoms in total. The summed E-state index contributed by atoms with van der Waals surface area (Å²) in [6, 6.07) is 12.0. The molecule has 0 fully saturated rings. The minimum absolute atomic E-state index is 0.675. The molecule has 0 N–H and O–H groups in total. The Morgan fingerprint density at radius 3 is 2.73 bits per heavy atom. The Hall–Kier alpha value is -0.990. The average molecular weight is 282 g/mol. The van der Waals surface area contributed by atoms with Crippen LogP contribution in [0.5, 0.6) is 0 Å². The first-order valence-electron chi connectivity index (χ1n) is 4.52. The molecule has 1 heterocycles. The first-order chi connectivity index (χ1) is 7.25. The maximum atomic E-state index is 6.27. The Bertz CT molecular complexity index is 657. The molecule has 0 aliphatic heterocycles. The van der Waals surface area contributed by atoms with Gasteiger partial charge in [0.05, 0.1) is 5.02 Å². The van der Waals surface area contributed by atoms with Gasteiger partial charge in [0.2, 0.25) is 0 Å². The molecule has 0 spiro atoms. The molecular formula is C12H6BrClO. The summed E-state index contributed by atoms with van der Waals surface area (Å²) < 4.78 is 6.19. The summed E-state index contributed by atoms with van der Waals surface area (Å²) in [6.07, 6.45) is 0. The van der Waals surface area contributed by atoms with Gasteiger partial charge in [0.1, 0.15) is 0 Å². The molecule has 0 saturated carbocycles. The van der Waals surface area contributed by atoms with E-state index in [9.17, 15) is 0 Å². The Labute approximate surface area is 99.8 Å². The van der Waals surface area contributed by atoms with Gasteiger partial charge in [0, 0.05) is 10.8 Å². The molecule has 0 radical (unpaired) electrons. The largest absolute Gasteiger partial charge is 0.448 e. The molecule has 74 valence electrons. The molecule has 0 unspecified atom stereocenters. The summed E-state index contributed by atoms with van der Waals surface area (Å²) >= 11 is 9.58. The van der Waals surface area contributed by atoms with Gasteiger partial charge in [-0.15, -0.1) is 0 Å². The van der Waals surface area contributed by atoms with Crippen molar-refractivity contribution in [3.8, 4) is 0 Å². The maximum absolute atomic E-state index is 6.27. The van der Waals surface area contributed by atoms with Gasteiger partial charge in [0.25, 0.3) is 0 Å². The Kier molecular flexibility index (Phi) is 2.01. The van der Waals surface area contributed by atoms with E-state index in [0.29, 0.717) is 9.69 Å². The Morgan fingerprint density at radius 2 is 1.87 bits per heavy atom. The van der Waals surface area contributed by atoms with Crippen LogP contribution >= 0.6 is 27.5 Å². The van der Waals surface area contributed by atoms with Crippen molar-refractivity contribution in [2.75, 3.05) is 0 Å². The van der Waals surface area contributed by atoms with Crippen molar-refractivity contribution in [3.63, 3.8) is 0 Å². The molecule has 15 heavy (non-hydrogen) atoms. The predicted octanol–water partition coefficient (Wildman–Crippen LogP) is 5.00. The van der Waals surface area contributed by atoms with Crippen LogP contribution in [-0.4, -0.2) is 0 Å². The van der Waals surface area contributed by atoms with Crippen molar-refractivity contribution < 1.29 is 4.42 Å². The highest BCUT2D eigenvalue weighted by Crippen LogP contribution is 2.35. The average Bonchev–Trinajstić information content (AvgIpc) is 2.59. The van der Waals surface area contributed by atoms with E-state index in [2.05, 4.69) is 22.0 Å². The van der Waals surface area contributed by atoms with Crippen molar-refractivity contribution in [2.24, 2.45) is 0 Å². The predicted molar refractivity (Wildman–Crippen MR) is 66.4 cm³/mol. The summed E-state index contributed by atoms with van der Waals surface area (Å²) in [5.74, 6) is 0. The van der Waals surface area contributed by atoms with E-state index >= 15 is 0 Å². The van der Waals surface area contributed by atoms with Crippen LogP contribution in [0.3, 0.4) is 0 Å². The standard InChI is InChI=1S/C12H6BrClO/c13-10-6-8-5-7-3-1-2-4-9(7)11(14)12(8)15-10/h1-6H. The number of hydrogen-bond acceptors (Lipinski definition) is 1. The summed E-state index contributed by atoms with van der Waals surface area (Å²) in [5.41, 5.74) is 0.738. The van der Waals surface area contributed by atoms with E-state index in [0.717, 1.165) is 21.7 Å². The second-order valence-corrected chi connectivity index (χ2v) is 4.54. The first kappa shape index (κ1) is 9.25. The molecule has 3 aromatic rings. The highest BCUT2D eigenvalue weighted by molar-refractivity contribution is 9.10. The van der Waals surface area contributed by atoms with E-state index in [-0.39, 0.29) is 0 Å². The van der Waals surface area contributed by atoms with Crippen LogP contribution in [0.25, 0.3) is 21.7 Å². The van der Waals surface area contributed by atoms with Gasteiger partial charge in [-0.3, -0.25) is 0 Å². The molecule has 0 bridgehead atoms. The second-order valence-electron chi connectivity index (χ2n) is 3.38. The molecule has 0 aliphatic carbocycles. The fourth-order valence-corrected chi connectivity index (χ4v) is 2.49. The number of halogens is 2.